The zero-order valence-electron chi connectivity index (χ0n) is 10.0. The number of nitro benzene ring substituents is 1. The van der Waals surface area contributed by atoms with Gasteiger partial charge in [0.05, 0.1) is 4.92 Å². The highest BCUT2D eigenvalue weighted by atomic mass is 32.2. The lowest BCUT2D eigenvalue weighted by Crippen LogP contribution is -2.07. The molecule has 0 spiro atoms. The van der Waals surface area contributed by atoms with Crippen LogP contribution in [0.1, 0.15) is 15.9 Å². The van der Waals surface area contributed by atoms with Crippen molar-refractivity contribution in [2.45, 2.75) is 4.90 Å². The van der Waals surface area contributed by atoms with E-state index in [0.717, 1.165) is 18.2 Å². The summed E-state index contributed by atoms with van der Waals surface area (Å²) in [6.45, 7) is 0. The zero-order valence-corrected chi connectivity index (χ0v) is 10.8. The van der Waals surface area contributed by atoms with Crippen molar-refractivity contribution in [2.24, 2.45) is 0 Å². The van der Waals surface area contributed by atoms with Crippen LogP contribution in [0, 0.1) is 10.1 Å². The zero-order chi connectivity index (χ0) is 14.7. The minimum atomic E-state index is -2.74. The lowest BCUT2D eigenvalue weighted by Gasteiger charge is -2.10. The molecule has 0 aliphatic rings. The highest BCUT2D eigenvalue weighted by Crippen LogP contribution is 2.22. The molecule has 0 saturated carbocycles. The van der Waals surface area contributed by atoms with E-state index < -0.39 is 21.8 Å². The Morgan fingerprint density at radius 1 is 1.10 bits per heavy atom. The maximum Gasteiger partial charge on any atom is 0.270 e. The molecule has 0 radical (unpaired) electrons. The van der Waals surface area contributed by atoms with Crippen molar-refractivity contribution in [3.05, 3.63) is 69.8 Å². The number of hydrogen-bond donors (Lipinski definition) is 0. The maximum atomic E-state index is 12.2. The monoisotopic (exact) mass is 290 g/mol. The molecule has 2 aromatic carbocycles. The van der Waals surface area contributed by atoms with E-state index in [-0.39, 0.29) is 16.1 Å². The Kier molecular flexibility index (Phi) is 4.02. The molecule has 0 heterocycles. The van der Waals surface area contributed by atoms with Gasteiger partial charge in [0, 0.05) is 28.2 Å². The average Bonchev–Trinajstić information content (AvgIpc) is 2.46. The maximum absolute atomic E-state index is 12.2. The smallest absolute Gasteiger partial charge is 0.270 e. The summed E-state index contributed by atoms with van der Waals surface area (Å²) in [7, 11) is 0. The van der Waals surface area contributed by atoms with Crippen molar-refractivity contribution in [2.75, 3.05) is 0 Å². The van der Waals surface area contributed by atoms with Gasteiger partial charge in [-0.05, 0) is 17.1 Å². The van der Waals surface area contributed by atoms with Crippen molar-refractivity contribution in [1.82, 2.24) is 0 Å². The molecule has 102 valence electrons. The molecule has 2 rings (SSSR count). The minimum absolute atomic E-state index is 0.0878. The van der Waals surface area contributed by atoms with Gasteiger partial charge in [0.2, 0.25) is 0 Å². The van der Waals surface area contributed by atoms with E-state index in [2.05, 4.69) is 0 Å². The van der Waals surface area contributed by atoms with Crippen LogP contribution in [0.2, 0.25) is 0 Å². The Morgan fingerprint density at radius 2 is 1.75 bits per heavy atom. The van der Waals surface area contributed by atoms with E-state index in [4.69, 9.17) is 0 Å². The SMILES string of the molecule is O=C(c1ccccc1)c1ccc([N+](=O)[O-])cc1S(=O)[O-]. The number of hydrogen-bond acceptors (Lipinski definition) is 5. The van der Waals surface area contributed by atoms with Gasteiger partial charge < -0.3 is 4.55 Å². The Bertz CT molecular complexity index is 699. The third kappa shape index (κ3) is 2.79. The number of nitro groups is 1. The summed E-state index contributed by atoms with van der Waals surface area (Å²) < 4.78 is 22.3. The molecule has 20 heavy (non-hydrogen) atoms. The first-order chi connectivity index (χ1) is 9.50. The molecule has 0 fully saturated rings. The number of nitrogens with zero attached hydrogens (tertiary/aromatic N) is 1. The summed E-state index contributed by atoms with van der Waals surface area (Å²) in [5.41, 5.74) is -0.156. The van der Waals surface area contributed by atoms with Crippen LogP contribution in [0.25, 0.3) is 0 Å². The summed E-state index contributed by atoms with van der Waals surface area (Å²) in [4.78, 5) is 21.8. The Hall–Kier alpha value is -2.38. The number of non-ortho nitro benzene ring substituents is 1. The highest BCUT2D eigenvalue weighted by molar-refractivity contribution is 7.79. The number of carbonyl (C=O) groups is 1. The van der Waals surface area contributed by atoms with Crippen LogP contribution in [-0.4, -0.2) is 19.5 Å². The van der Waals surface area contributed by atoms with E-state index >= 15 is 0 Å². The van der Waals surface area contributed by atoms with E-state index in [1.165, 1.54) is 0 Å². The van der Waals surface area contributed by atoms with Gasteiger partial charge in [0.25, 0.3) is 5.69 Å². The summed E-state index contributed by atoms with van der Waals surface area (Å²) in [6, 6.07) is 11.2. The third-order valence-electron chi connectivity index (χ3n) is 2.64. The largest absolute Gasteiger partial charge is 0.768 e. The van der Waals surface area contributed by atoms with Crippen LogP contribution in [0.3, 0.4) is 0 Å². The van der Waals surface area contributed by atoms with E-state index in [1.807, 2.05) is 0 Å². The molecule has 6 nitrogen and oxygen atoms in total. The molecule has 7 heteroatoms. The normalized spacial score (nSPS) is 11.8. The summed E-state index contributed by atoms with van der Waals surface area (Å²) in [5.74, 6) is -0.500. The van der Waals surface area contributed by atoms with Gasteiger partial charge in [-0.1, -0.05) is 30.3 Å². The van der Waals surface area contributed by atoms with Gasteiger partial charge >= 0.3 is 0 Å². The quantitative estimate of drug-likeness (QED) is 0.371. The minimum Gasteiger partial charge on any atom is -0.768 e. The lowest BCUT2D eigenvalue weighted by molar-refractivity contribution is -0.385. The fourth-order valence-corrected chi connectivity index (χ4v) is 2.25. The second kappa shape index (κ2) is 5.72. The van der Waals surface area contributed by atoms with Gasteiger partial charge in [0.1, 0.15) is 0 Å². The second-order valence-corrected chi connectivity index (χ2v) is 4.78. The summed E-state index contributed by atoms with van der Waals surface area (Å²) in [5, 5.41) is 10.6. The van der Waals surface area contributed by atoms with Crippen molar-refractivity contribution in [3.8, 4) is 0 Å². The summed E-state index contributed by atoms with van der Waals surface area (Å²) in [6.07, 6.45) is 0. The highest BCUT2D eigenvalue weighted by Gasteiger charge is 2.17. The Labute approximate surface area is 116 Å². The standard InChI is InChI=1S/C13H9NO5S/c15-13(9-4-2-1-3-5-9)11-7-6-10(14(16)17)8-12(11)20(18)19/h1-8H,(H,18,19)/p-1. The predicted octanol–water partition coefficient (Wildman–Crippen LogP) is 2.06. The first-order valence-corrected chi connectivity index (χ1v) is 6.55. The molecule has 0 saturated heterocycles. The first kappa shape index (κ1) is 14.0. The predicted molar refractivity (Wildman–Crippen MR) is 70.2 cm³/mol. The number of carbonyl (C=O) groups excluding carboxylic acids is 1. The molecule has 0 aliphatic heterocycles. The van der Waals surface area contributed by atoms with E-state index in [1.54, 1.807) is 30.3 Å². The van der Waals surface area contributed by atoms with Crippen molar-refractivity contribution >= 4 is 22.6 Å². The van der Waals surface area contributed by atoms with Crippen LogP contribution in [0.15, 0.2) is 53.4 Å². The van der Waals surface area contributed by atoms with E-state index in [9.17, 15) is 23.7 Å². The van der Waals surface area contributed by atoms with Crippen LogP contribution in [-0.2, 0) is 11.1 Å². The molecule has 1 atom stereocenters. The first-order valence-electron chi connectivity index (χ1n) is 5.48. The fourth-order valence-electron chi connectivity index (χ4n) is 1.70. The Balaban J connectivity index is 2.54. The molecule has 2 aromatic rings. The van der Waals surface area contributed by atoms with Gasteiger partial charge in [-0.2, -0.15) is 0 Å². The Morgan fingerprint density at radius 3 is 2.30 bits per heavy atom. The molecular formula is C13H8NO5S-. The molecule has 0 N–H and O–H groups in total. The van der Waals surface area contributed by atoms with Crippen molar-refractivity contribution in [3.63, 3.8) is 0 Å². The van der Waals surface area contributed by atoms with Crippen LogP contribution in [0.4, 0.5) is 5.69 Å². The molecule has 0 aromatic heterocycles. The molecule has 0 aliphatic carbocycles. The molecule has 1 unspecified atom stereocenters. The second-order valence-electron chi connectivity index (χ2n) is 3.87. The topological polar surface area (TPSA) is 100 Å². The number of ketones is 1. The number of rotatable bonds is 4. The van der Waals surface area contributed by atoms with Crippen molar-refractivity contribution in [1.29, 1.82) is 0 Å². The van der Waals surface area contributed by atoms with Gasteiger partial charge in [-0.15, -0.1) is 0 Å². The van der Waals surface area contributed by atoms with Gasteiger partial charge in [-0.25, -0.2) is 0 Å². The molecule has 0 amide bonds. The summed E-state index contributed by atoms with van der Waals surface area (Å²) >= 11 is -2.74. The average molecular weight is 290 g/mol. The van der Waals surface area contributed by atoms with Crippen molar-refractivity contribution < 1.29 is 18.5 Å². The van der Waals surface area contributed by atoms with Crippen LogP contribution < -0.4 is 0 Å². The van der Waals surface area contributed by atoms with E-state index in [0.29, 0.717) is 5.56 Å². The number of benzene rings is 2. The molecule has 0 bridgehead atoms. The molecular weight excluding hydrogens is 282 g/mol. The lowest BCUT2D eigenvalue weighted by atomic mass is 10.0. The van der Waals surface area contributed by atoms with Crippen LogP contribution >= 0.6 is 0 Å². The van der Waals surface area contributed by atoms with Gasteiger partial charge in [-0.3, -0.25) is 19.1 Å². The van der Waals surface area contributed by atoms with Crippen LogP contribution in [0.5, 0.6) is 0 Å². The third-order valence-corrected chi connectivity index (χ3v) is 3.33. The van der Waals surface area contributed by atoms with Gasteiger partial charge in [0.15, 0.2) is 5.78 Å². The fraction of sp³-hybridized carbons (Fsp3) is 0.